The Kier molecular flexibility index (Phi) is 2.84. The summed E-state index contributed by atoms with van der Waals surface area (Å²) in [5.74, 6) is 3.06. The first-order chi connectivity index (χ1) is 8.33. The highest BCUT2D eigenvalue weighted by atomic mass is 15.3. The molecule has 92 valence electrons. The molecule has 0 amide bonds. The quantitative estimate of drug-likeness (QED) is 0.801. The number of piperazine rings is 1. The van der Waals surface area contributed by atoms with Gasteiger partial charge in [0.2, 0.25) is 0 Å². The van der Waals surface area contributed by atoms with E-state index in [0.29, 0.717) is 0 Å². The predicted octanol–water partition coefficient (Wildman–Crippen LogP) is 0.405. The highest BCUT2D eigenvalue weighted by molar-refractivity contribution is 5.52. The summed E-state index contributed by atoms with van der Waals surface area (Å²) in [5, 5.41) is 3.36. The number of anilines is 2. The van der Waals surface area contributed by atoms with Gasteiger partial charge < -0.3 is 15.1 Å². The Hall–Kier alpha value is -1.36. The van der Waals surface area contributed by atoms with Crippen molar-refractivity contribution in [2.45, 2.75) is 13.3 Å². The molecule has 0 unspecified atom stereocenters. The van der Waals surface area contributed by atoms with E-state index in [4.69, 9.17) is 0 Å². The van der Waals surface area contributed by atoms with Crippen molar-refractivity contribution in [1.29, 1.82) is 0 Å². The van der Waals surface area contributed by atoms with E-state index < -0.39 is 0 Å². The third kappa shape index (κ3) is 2.20. The summed E-state index contributed by atoms with van der Waals surface area (Å²) >= 11 is 0. The number of aryl methyl sites for hydroxylation is 1. The first-order valence-electron chi connectivity index (χ1n) is 6.39. The molecule has 1 N–H and O–H groups in total. The lowest BCUT2D eigenvalue weighted by molar-refractivity contribution is 0.581. The molecule has 3 rings (SSSR count). The van der Waals surface area contributed by atoms with E-state index in [9.17, 15) is 0 Å². The Bertz CT molecular complexity index is 396. The highest BCUT2D eigenvalue weighted by Crippen LogP contribution is 2.22. The van der Waals surface area contributed by atoms with Crippen LogP contribution in [0.3, 0.4) is 0 Å². The molecule has 0 atom stereocenters. The molecular weight excluding hydrogens is 214 g/mol. The minimum atomic E-state index is 0.878. The normalized spacial score (nSPS) is 20.3. The lowest BCUT2D eigenvalue weighted by Crippen LogP contribution is -2.44. The number of nitrogens with one attached hydrogen (secondary N) is 1. The van der Waals surface area contributed by atoms with E-state index in [1.165, 1.54) is 6.42 Å². The molecule has 2 aliphatic rings. The van der Waals surface area contributed by atoms with Crippen LogP contribution in [0.5, 0.6) is 0 Å². The standard InChI is InChI=1S/C12H19N5/c1-10-14-11(16-5-2-6-16)9-12(15-10)17-7-3-13-4-8-17/h9,13H,2-8H2,1H3. The summed E-state index contributed by atoms with van der Waals surface area (Å²) in [4.78, 5) is 13.7. The molecule has 17 heavy (non-hydrogen) atoms. The van der Waals surface area contributed by atoms with Crippen LogP contribution in [0.4, 0.5) is 11.6 Å². The average Bonchev–Trinajstić information content (AvgIpc) is 2.27. The van der Waals surface area contributed by atoms with Crippen LogP contribution < -0.4 is 15.1 Å². The van der Waals surface area contributed by atoms with E-state index in [1.807, 2.05) is 6.92 Å². The van der Waals surface area contributed by atoms with Crippen LogP contribution in [0, 0.1) is 6.92 Å². The van der Waals surface area contributed by atoms with Gasteiger partial charge in [0.05, 0.1) is 0 Å². The van der Waals surface area contributed by atoms with Gasteiger partial charge in [-0.05, 0) is 13.3 Å². The van der Waals surface area contributed by atoms with E-state index in [-0.39, 0.29) is 0 Å². The maximum atomic E-state index is 4.56. The van der Waals surface area contributed by atoms with Gasteiger partial charge in [-0.25, -0.2) is 9.97 Å². The zero-order valence-electron chi connectivity index (χ0n) is 10.3. The molecule has 0 aromatic carbocycles. The van der Waals surface area contributed by atoms with Gasteiger partial charge >= 0.3 is 0 Å². The maximum absolute atomic E-state index is 4.56. The summed E-state index contributed by atoms with van der Waals surface area (Å²) < 4.78 is 0. The van der Waals surface area contributed by atoms with Crippen molar-refractivity contribution in [1.82, 2.24) is 15.3 Å². The van der Waals surface area contributed by atoms with E-state index in [0.717, 1.165) is 56.7 Å². The molecule has 5 heteroatoms. The third-order valence-corrected chi connectivity index (χ3v) is 3.43. The van der Waals surface area contributed by atoms with Gasteiger partial charge in [-0.3, -0.25) is 0 Å². The molecule has 0 saturated carbocycles. The minimum absolute atomic E-state index is 0.878. The van der Waals surface area contributed by atoms with Crippen LogP contribution in [0.1, 0.15) is 12.2 Å². The van der Waals surface area contributed by atoms with Gasteiger partial charge in [-0.2, -0.15) is 0 Å². The smallest absolute Gasteiger partial charge is 0.134 e. The summed E-state index contributed by atoms with van der Waals surface area (Å²) in [6.07, 6.45) is 1.28. The Morgan fingerprint density at radius 2 is 1.59 bits per heavy atom. The number of nitrogens with zero attached hydrogens (tertiary/aromatic N) is 4. The summed E-state index contributed by atoms with van der Waals surface area (Å²) in [7, 11) is 0. The molecule has 0 aliphatic carbocycles. The van der Waals surface area contributed by atoms with E-state index >= 15 is 0 Å². The Labute approximate surface area is 102 Å². The van der Waals surface area contributed by atoms with Crippen molar-refractivity contribution in [2.75, 3.05) is 49.1 Å². The lowest BCUT2D eigenvalue weighted by Gasteiger charge is -2.34. The van der Waals surface area contributed by atoms with Crippen molar-refractivity contribution in [3.05, 3.63) is 11.9 Å². The number of aromatic nitrogens is 2. The average molecular weight is 233 g/mol. The van der Waals surface area contributed by atoms with Crippen molar-refractivity contribution >= 4 is 11.6 Å². The molecule has 1 aromatic heterocycles. The predicted molar refractivity (Wildman–Crippen MR) is 68.7 cm³/mol. The Balaban J connectivity index is 1.84. The first-order valence-corrected chi connectivity index (χ1v) is 6.39. The van der Waals surface area contributed by atoms with E-state index in [1.54, 1.807) is 0 Å². The van der Waals surface area contributed by atoms with Crippen molar-refractivity contribution in [2.24, 2.45) is 0 Å². The van der Waals surface area contributed by atoms with Crippen LogP contribution in [0.25, 0.3) is 0 Å². The zero-order chi connectivity index (χ0) is 11.7. The molecule has 0 bridgehead atoms. The summed E-state index contributed by atoms with van der Waals surface area (Å²) in [5.41, 5.74) is 0. The molecule has 2 fully saturated rings. The zero-order valence-corrected chi connectivity index (χ0v) is 10.3. The highest BCUT2D eigenvalue weighted by Gasteiger charge is 2.19. The molecule has 3 heterocycles. The molecular formula is C12H19N5. The van der Waals surface area contributed by atoms with E-state index in [2.05, 4.69) is 31.2 Å². The number of hydrogen-bond acceptors (Lipinski definition) is 5. The largest absolute Gasteiger partial charge is 0.356 e. The molecule has 2 aliphatic heterocycles. The van der Waals surface area contributed by atoms with Gasteiger partial charge in [-0.15, -0.1) is 0 Å². The number of hydrogen-bond donors (Lipinski definition) is 1. The van der Waals surface area contributed by atoms with Crippen molar-refractivity contribution < 1.29 is 0 Å². The second kappa shape index (κ2) is 4.49. The molecule has 0 spiro atoms. The summed E-state index contributed by atoms with van der Waals surface area (Å²) in [6, 6.07) is 2.14. The Morgan fingerprint density at radius 1 is 1.00 bits per heavy atom. The second-order valence-electron chi connectivity index (χ2n) is 4.71. The van der Waals surface area contributed by atoms with Crippen molar-refractivity contribution in [3.63, 3.8) is 0 Å². The van der Waals surface area contributed by atoms with Gasteiger partial charge in [0.1, 0.15) is 17.5 Å². The fourth-order valence-corrected chi connectivity index (χ4v) is 2.30. The monoisotopic (exact) mass is 233 g/mol. The maximum Gasteiger partial charge on any atom is 0.134 e. The van der Waals surface area contributed by atoms with Crippen LogP contribution in [0.15, 0.2) is 6.07 Å². The molecule has 0 radical (unpaired) electrons. The molecule has 1 aromatic rings. The molecule has 5 nitrogen and oxygen atoms in total. The van der Waals surface area contributed by atoms with Crippen LogP contribution >= 0.6 is 0 Å². The molecule has 2 saturated heterocycles. The first kappa shape index (κ1) is 10.8. The third-order valence-electron chi connectivity index (χ3n) is 3.43. The second-order valence-corrected chi connectivity index (χ2v) is 4.71. The minimum Gasteiger partial charge on any atom is -0.356 e. The van der Waals surface area contributed by atoms with Crippen LogP contribution in [-0.4, -0.2) is 49.2 Å². The van der Waals surface area contributed by atoms with Gasteiger partial charge in [-0.1, -0.05) is 0 Å². The van der Waals surface area contributed by atoms with Crippen LogP contribution in [0.2, 0.25) is 0 Å². The lowest BCUT2D eigenvalue weighted by atomic mass is 10.2. The van der Waals surface area contributed by atoms with Gasteiger partial charge in [0.15, 0.2) is 0 Å². The fourth-order valence-electron chi connectivity index (χ4n) is 2.30. The topological polar surface area (TPSA) is 44.3 Å². The number of rotatable bonds is 2. The Morgan fingerprint density at radius 3 is 2.12 bits per heavy atom. The van der Waals surface area contributed by atoms with Gasteiger partial charge in [0.25, 0.3) is 0 Å². The van der Waals surface area contributed by atoms with Crippen LogP contribution in [-0.2, 0) is 0 Å². The van der Waals surface area contributed by atoms with Gasteiger partial charge in [0, 0.05) is 45.3 Å². The SMILES string of the molecule is Cc1nc(N2CCC2)cc(N2CCNCC2)n1. The summed E-state index contributed by atoms with van der Waals surface area (Å²) in [6.45, 7) is 8.42. The van der Waals surface area contributed by atoms with Crippen molar-refractivity contribution in [3.8, 4) is 0 Å². The fraction of sp³-hybridized carbons (Fsp3) is 0.667.